The third-order valence-electron chi connectivity index (χ3n) is 3.09. The van der Waals surface area contributed by atoms with E-state index in [-0.39, 0.29) is 0 Å². The summed E-state index contributed by atoms with van der Waals surface area (Å²) in [5, 5.41) is 11.4. The van der Waals surface area contributed by atoms with Crippen molar-refractivity contribution < 1.29 is 0 Å². The van der Waals surface area contributed by atoms with Crippen molar-refractivity contribution in [2.75, 3.05) is 5.32 Å². The number of unbranched alkanes of at least 4 members (excludes halogenated alkanes) is 3. The molecular weight excluding hydrogens is 226 g/mol. The zero-order valence-electron chi connectivity index (χ0n) is 11.1. The molecule has 18 heavy (non-hydrogen) atoms. The Morgan fingerprint density at radius 2 is 2.22 bits per heavy atom. The molecule has 0 fully saturated rings. The average Bonchev–Trinajstić information content (AvgIpc) is 2.84. The summed E-state index contributed by atoms with van der Waals surface area (Å²) in [6.07, 6.45) is 11.6. The van der Waals surface area contributed by atoms with Crippen LogP contribution in [0.1, 0.15) is 46.0 Å². The number of nitrogens with zero attached hydrogens (tertiary/aromatic N) is 4. The molecule has 2 heterocycles. The highest BCUT2D eigenvalue weighted by Crippen LogP contribution is 2.14. The maximum atomic E-state index is 4.33. The predicted molar refractivity (Wildman–Crippen MR) is 72.6 cm³/mol. The quantitative estimate of drug-likeness (QED) is 0.764. The Morgan fingerprint density at radius 1 is 1.33 bits per heavy atom. The van der Waals surface area contributed by atoms with Gasteiger partial charge in [-0.1, -0.05) is 32.6 Å². The first-order valence-electron chi connectivity index (χ1n) is 6.72. The van der Waals surface area contributed by atoms with Crippen LogP contribution >= 0.6 is 0 Å². The van der Waals surface area contributed by atoms with Crippen molar-refractivity contribution in [3.63, 3.8) is 0 Å². The molecule has 0 aromatic carbocycles. The predicted octanol–water partition coefficient (Wildman–Crippen LogP) is 2.90. The summed E-state index contributed by atoms with van der Waals surface area (Å²) in [5.74, 6) is 0.818. The Bertz CT molecular complexity index is 479. The van der Waals surface area contributed by atoms with Crippen LogP contribution in [0.15, 0.2) is 18.7 Å². The Kier molecular flexibility index (Phi) is 4.50. The number of aromatic nitrogens is 4. The van der Waals surface area contributed by atoms with Crippen molar-refractivity contribution >= 4 is 11.5 Å². The highest BCUT2D eigenvalue weighted by molar-refractivity contribution is 5.61. The van der Waals surface area contributed by atoms with Gasteiger partial charge in [0.1, 0.15) is 6.33 Å². The molecule has 5 nitrogen and oxygen atoms in total. The second-order valence-electron chi connectivity index (χ2n) is 4.73. The first kappa shape index (κ1) is 12.8. The molecule has 0 amide bonds. The fraction of sp³-hybridized carbons (Fsp3) is 0.615. The number of fused-ring (bicyclic) bond motifs is 1. The van der Waals surface area contributed by atoms with E-state index >= 15 is 0 Å². The normalized spacial score (nSPS) is 12.8. The van der Waals surface area contributed by atoms with E-state index in [1.165, 1.54) is 25.7 Å². The van der Waals surface area contributed by atoms with Gasteiger partial charge in [0.2, 0.25) is 5.65 Å². The van der Waals surface area contributed by atoms with Gasteiger partial charge in [-0.15, -0.1) is 10.2 Å². The fourth-order valence-corrected chi connectivity index (χ4v) is 2.04. The maximum absolute atomic E-state index is 4.33. The molecule has 0 bridgehead atoms. The van der Waals surface area contributed by atoms with Gasteiger partial charge in [-0.05, 0) is 13.3 Å². The summed E-state index contributed by atoms with van der Waals surface area (Å²) >= 11 is 0. The van der Waals surface area contributed by atoms with Crippen LogP contribution in [0.2, 0.25) is 0 Å². The smallest absolute Gasteiger partial charge is 0.203 e. The van der Waals surface area contributed by atoms with Gasteiger partial charge in [0.05, 0.1) is 0 Å². The van der Waals surface area contributed by atoms with Crippen molar-refractivity contribution in [3.8, 4) is 0 Å². The lowest BCUT2D eigenvalue weighted by Gasteiger charge is -2.14. The molecule has 0 aliphatic heterocycles. The van der Waals surface area contributed by atoms with Crippen LogP contribution in [0.5, 0.6) is 0 Å². The highest BCUT2D eigenvalue weighted by atomic mass is 15.2. The zero-order chi connectivity index (χ0) is 12.8. The SMILES string of the molecule is CCCCCCC(C)Nc1nccn2cnnc12. The number of anilines is 1. The van der Waals surface area contributed by atoms with E-state index in [0.717, 1.165) is 17.9 Å². The molecule has 98 valence electrons. The van der Waals surface area contributed by atoms with Crippen molar-refractivity contribution in [1.82, 2.24) is 19.6 Å². The van der Waals surface area contributed by atoms with Gasteiger partial charge in [-0.2, -0.15) is 0 Å². The summed E-state index contributed by atoms with van der Waals surface area (Å²) in [5.41, 5.74) is 0.790. The summed E-state index contributed by atoms with van der Waals surface area (Å²) in [6, 6.07) is 0.414. The summed E-state index contributed by atoms with van der Waals surface area (Å²) < 4.78 is 1.87. The molecule has 5 heteroatoms. The summed E-state index contributed by atoms with van der Waals surface area (Å²) in [6.45, 7) is 4.42. The molecule has 0 saturated heterocycles. The van der Waals surface area contributed by atoms with Gasteiger partial charge in [0.15, 0.2) is 5.82 Å². The second kappa shape index (κ2) is 6.33. The van der Waals surface area contributed by atoms with Gasteiger partial charge in [0.25, 0.3) is 0 Å². The molecule has 0 saturated carbocycles. The maximum Gasteiger partial charge on any atom is 0.203 e. The van der Waals surface area contributed by atoms with E-state index in [0.29, 0.717) is 6.04 Å². The number of hydrogen-bond acceptors (Lipinski definition) is 4. The Balaban J connectivity index is 1.90. The van der Waals surface area contributed by atoms with Gasteiger partial charge >= 0.3 is 0 Å². The standard InChI is InChI=1S/C13H21N5/c1-3-4-5-6-7-11(2)16-12-13-17-15-10-18(13)9-8-14-12/h8-11H,3-7H2,1-2H3,(H,14,16). The summed E-state index contributed by atoms with van der Waals surface area (Å²) in [4.78, 5) is 4.33. The molecule has 0 spiro atoms. The lowest BCUT2D eigenvalue weighted by atomic mass is 10.1. The Labute approximate surface area is 108 Å². The van der Waals surface area contributed by atoms with Crippen molar-refractivity contribution in [1.29, 1.82) is 0 Å². The van der Waals surface area contributed by atoms with Crippen LogP contribution < -0.4 is 5.32 Å². The number of rotatable bonds is 7. The minimum Gasteiger partial charge on any atom is -0.364 e. The van der Waals surface area contributed by atoms with Crippen LogP contribution in [0.4, 0.5) is 5.82 Å². The van der Waals surface area contributed by atoms with E-state index in [2.05, 4.69) is 34.3 Å². The van der Waals surface area contributed by atoms with Crippen LogP contribution in [0, 0.1) is 0 Å². The van der Waals surface area contributed by atoms with Crippen LogP contribution in [0.25, 0.3) is 5.65 Å². The minimum atomic E-state index is 0.414. The zero-order valence-corrected chi connectivity index (χ0v) is 11.1. The van der Waals surface area contributed by atoms with Gasteiger partial charge in [0, 0.05) is 18.4 Å². The lowest BCUT2D eigenvalue weighted by molar-refractivity contribution is 0.593. The Morgan fingerprint density at radius 3 is 3.06 bits per heavy atom. The van der Waals surface area contributed by atoms with E-state index in [4.69, 9.17) is 0 Å². The molecule has 1 atom stereocenters. The number of nitrogens with one attached hydrogen (secondary N) is 1. The van der Waals surface area contributed by atoms with Gasteiger partial charge < -0.3 is 5.32 Å². The molecule has 2 aromatic heterocycles. The average molecular weight is 247 g/mol. The van der Waals surface area contributed by atoms with E-state index < -0.39 is 0 Å². The molecule has 1 unspecified atom stereocenters. The van der Waals surface area contributed by atoms with Crippen molar-refractivity contribution in [2.24, 2.45) is 0 Å². The van der Waals surface area contributed by atoms with Gasteiger partial charge in [-0.25, -0.2) is 4.98 Å². The minimum absolute atomic E-state index is 0.414. The van der Waals surface area contributed by atoms with Crippen LogP contribution in [-0.4, -0.2) is 25.6 Å². The number of hydrogen-bond donors (Lipinski definition) is 1. The third-order valence-corrected chi connectivity index (χ3v) is 3.09. The van der Waals surface area contributed by atoms with E-state index in [1.807, 2.05) is 10.6 Å². The largest absolute Gasteiger partial charge is 0.364 e. The first-order valence-corrected chi connectivity index (χ1v) is 6.72. The lowest BCUT2D eigenvalue weighted by Crippen LogP contribution is -2.16. The van der Waals surface area contributed by atoms with Crippen molar-refractivity contribution in [3.05, 3.63) is 18.7 Å². The second-order valence-corrected chi connectivity index (χ2v) is 4.73. The van der Waals surface area contributed by atoms with E-state index in [9.17, 15) is 0 Å². The van der Waals surface area contributed by atoms with Crippen molar-refractivity contribution in [2.45, 2.75) is 52.0 Å². The molecule has 2 aromatic rings. The molecule has 2 rings (SSSR count). The summed E-state index contributed by atoms with van der Waals surface area (Å²) in [7, 11) is 0. The van der Waals surface area contributed by atoms with Gasteiger partial charge in [-0.3, -0.25) is 4.40 Å². The third kappa shape index (κ3) is 3.18. The Hall–Kier alpha value is -1.65. The molecule has 1 N–H and O–H groups in total. The molecule has 0 radical (unpaired) electrons. The molecule has 0 aliphatic rings. The topological polar surface area (TPSA) is 55.1 Å². The fourth-order valence-electron chi connectivity index (χ4n) is 2.04. The van der Waals surface area contributed by atoms with Crippen LogP contribution in [0.3, 0.4) is 0 Å². The first-order chi connectivity index (χ1) is 8.81. The molecular formula is C13H21N5. The van der Waals surface area contributed by atoms with E-state index in [1.54, 1.807) is 12.5 Å². The monoisotopic (exact) mass is 247 g/mol. The van der Waals surface area contributed by atoms with Crippen LogP contribution in [-0.2, 0) is 0 Å². The molecule has 0 aliphatic carbocycles. The highest BCUT2D eigenvalue weighted by Gasteiger charge is 2.08.